The third-order valence-electron chi connectivity index (χ3n) is 2.43. The van der Waals surface area contributed by atoms with Crippen LogP contribution in [0.1, 0.15) is 16.2 Å². The first kappa shape index (κ1) is 13.3. The van der Waals surface area contributed by atoms with Crippen LogP contribution in [-0.4, -0.2) is 45.3 Å². The predicted octanol–water partition coefficient (Wildman–Crippen LogP) is 1.25. The Morgan fingerprint density at radius 2 is 2.21 bits per heavy atom. The van der Waals surface area contributed by atoms with Gasteiger partial charge < -0.3 is 9.84 Å². The zero-order valence-electron chi connectivity index (χ0n) is 9.79. The number of ether oxygens (including phenoxy) is 1. The first-order valence-corrected chi connectivity index (χ1v) is 5.51. The third kappa shape index (κ3) is 3.22. The van der Waals surface area contributed by atoms with Crippen LogP contribution in [-0.2, 0) is 11.2 Å². The average Bonchev–Trinajstić information content (AvgIpc) is 2.76. The SMILES string of the molecule is O=C(O)c1ccc2nnc(CCOCC(F)F)n2c1. The quantitative estimate of drug-likeness (QED) is 0.800. The van der Waals surface area contributed by atoms with Gasteiger partial charge in [-0.05, 0) is 12.1 Å². The molecule has 2 aromatic heterocycles. The Bertz CT molecular complexity index is 586. The third-order valence-corrected chi connectivity index (χ3v) is 2.43. The Hall–Kier alpha value is -2.09. The normalized spacial score (nSPS) is 11.3. The molecule has 0 atom stereocenters. The molecule has 0 bridgehead atoms. The van der Waals surface area contributed by atoms with Gasteiger partial charge in [-0.15, -0.1) is 10.2 Å². The number of rotatable bonds is 6. The molecule has 2 aromatic rings. The van der Waals surface area contributed by atoms with Crippen LogP contribution >= 0.6 is 0 Å². The van der Waals surface area contributed by atoms with Crippen LogP contribution in [0.2, 0.25) is 0 Å². The van der Waals surface area contributed by atoms with Gasteiger partial charge in [-0.3, -0.25) is 4.40 Å². The number of carbonyl (C=O) groups is 1. The standard InChI is InChI=1S/C11H11F2N3O3/c12-8(13)6-19-4-3-10-15-14-9-2-1-7(11(17)18)5-16(9)10/h1-2,5,8H,3-4,6H2,(H,17,18). The minimum absolute atomic E-state index is 0.0719. The Morgan fingerprint density at radius 1 is 1.42 bits per heavy atom. The number of aromatic nitrogens is 3. The van der Waals surface area contributed by atoms with Gasteiger partial charge in [-0.2, -0.15) is 0 Å². The Morgan fingerprint density at radius 3 is 2.89 bits per heavy atom. The Balaban J connectivity index is 2.10. The molecular formula is C11H11F2N3O3. The molecule has 8 heteroatoms. The van der Waals surface area contributed by atoms with E-state index in [1.807, 2.05) is 0 Å². The van der Waals surface area contributed by atoms with Crippen LogP contribution in [0.5, 0.6) is 0 Å². The van der Waals surface area contributed by atoms with Crippen molar-refractivity contribution in [2.24, 2.45) is 0 Å². The summed E-state index contributed by atoms with van der Waals surface area (Å²) in [6.45, 7) is -0.556. The van der Waals surface area contributed by atoms with Crippen molar-refractivity contribution < 1.29 is 23.4 Å². The van der Waals surface area contributed by atoms with E-state index >= 15 is 0 Å². The second-order valence-corrected chi connectivity index (χ2v) is 3.78. The summed E-state index contributed by atoms with van der Waals surface area (Å²) in [6.07, 6.45) is -0.842. The van der Waals surface area contributed by atoms with Crippen LogP contribution in [0, 0.1) is 0 Å². The van der Waals surface area contributed by atoms with Crippen LogP contribution in [0.4, 0.5) is 8.78 Å². The minimum Gasteiger partial charge on any atom is -0.478 e. The van der Waals surface area contributed by atoms with Crippen molar-refractivity contribution in [3.05, 3.63) is 29.7 Å². The molecule has 102 valence electrons. The van der Waals surface area contributed by atoms with Gasteiger partial charge in [-0.25, -0.2) is 13.6 Å². The van der Waals surface area contributed by atoms with Crippen molar-refractivity contribution in [2.45, 2.75) is 12.8 Å². The fourth-order valence-corrected chi connectivity index (χ4v) is 1.57. The first-order valence-electron chi connectivity index (χ1n) is 5.51. The number of alkyl halides is 2. The monoisotopic (exact) mass is 271 g/mol. The van der Waals surface area contributed by atoms with E-state index in [4.69, 9.17) is 9.84 Å². The lowest BCUT2D eigenvalue weighted by atomic mass is 10.3. The average molecular weight is 271 g/mol. The molecule has 0 saturated carbocycles. The highest BCUT2D eigenvalue weighted by Gasteiger charge is 2.09. The van der Waals surface area contributed by atoms with Crippen LogP contribution in [0.15, 0.2) is 18.3 Å². The summed E-state index contributed by atoms with van der Waals surface area (Å²) in [7, 11) is 0. The fourth-order valence-electron chi connectivity index (χ4n) is 1.57. The molecule has 2 heterocycles. The molecule has 1 N–H and O–H groups in total. The molecule has 0 amide bonds. The lowest BCUT2D eigenvalue weighted by Crippen LogP contribution is -2.09. The minimum atomic E-state index is -2.51. The highest BCUT2D eigenvalue weighted by atomic mass is 19.3. The van der Waals surface area contributed by atoms with E-state index in [1.165, 1.54) is 22.7 Å². The van der Waals surface area contributed by atoms with E-state index in [0.29, 0.717) is 11.5 Å². The van der Waals surface area contributed by atoms with Gasteiger partial charge in [0.25, 0.3) is 6.43 Å². The number of pyridine rings is 1. The predicted molar refractivity (Wildman–Crippen MR) is 60.5 cm³/mol. The summed E-state index contributed by atoms with van der Waals surface area (Å²) in [5.41, 5.74) is 0.593. The lowest BCUT2D eigenvalue weighted by molar-refractivity contribution is 0.0182. The summed E-state index contributed by atoms with van der Waals surface area (Å²) in [5, 5.41) is 16.6. The number of hydrogen-bond donors (Lipinski definition) is 1. The number of carboxylic acids is 1. The number of carboxylic acid groups (broad SMARTS) is 1. The smallest absolute Gasteiger partial charge is 0.337 e. The van der Waals surface area contributed by atoms with E-state index in [9.17, 15) is 13.6 Å². The molecular weight excluding hydrogens is 260 g/mol. The van der Waals surface area contributed by atoms with E-state index in [1.54, 1.807) is 0 Å². The number of nitrogens with zero attached hydrogens (tertiary/aromatic N) is 3. The summed E-state index contributed by atoms with van der Waals surface area (Å²) >= 11 is 0. The molecule has 0 radical (unpaired) electrons. The van der Waals surface area contributed by atoms with Gasteiger partial charge in [0.2, 0.25) is 0 Å². The van der Waals surface area contributed by atoms with Crippen molar-refractivity contribution in [1.29, 1.82) is 0 Å². The number of halogens is 2. The molecule has 0 unspecified atom stereocenters. The highest BCUT2D eigenvalue weighted by Crippen LogP contribution is 2.08. The summed E-state index contributed by atoms with van der Waals surface area (Å²) in [4.78, 5) is 10.9. The summed E-state index contributed by atoms with van der Waals surface area (Å²) in [6, 6.07) is 2.95. The van der Waals surface area contributed by atoms with Gasteiger partial charge in [0, 0.05) is 12.6 Å². The van der Waals surface area contributed by atoms with Crippen molar-refractivity contribution in [3.8, 4) is 0 Å². The van der Waals surface area contributed by atoms with Gasteiger partial charge in [0.15, 0.2) is 5.65 Å². The van der Waals surface area contributed by atoms with E-state index < -0.39 is 19.0 Å². The molecule has 6 nitrogen and oxygen atoms in total. The van der Waals surface area contributed by atoms with Crippen LogP contribution in [0.25, 0.3) is 5.65 Å². The molecule has 0 spiro atoms. The molecule has 19 heavy (non-hydrogen) atoms. The van der Waals surface area contributed by atoms with Crippen molar-refractivity contribution in [1.82, 2.24) is 14.6 Å². The summed E-state index contributed by atoms with van der Waals surface area (Å²) < 4.78 is 30.0. The first-order chi connectivity index (χ1) is 9.08. The fraction of sp³-hybridized carbons (Fsp3) is 0.364. The molecule has 0 aliphatic heterocycles. The largest absolute Gasteiger partial charge is 0.478 e. The number of hydrogen-bond acceptors (Lipinski definition) is 4. The number of fused-ring (bicyclic) bond motifs is 1. The molecule has 0 fully saturated rings. The molecule has 0 saturated heterocycles. The van der Waals surface area contributed by atoms with Crippen molar-refractivity contribution >= 4 is 11.6 Å². The summed E-state index contributed by atoms with van der Waals surface area (Å²) in [5.74, 6) is -0.595. The van der Waals surface area contributed by atoms with Gasteiger partial charge in [-0.1, -0.05) is 0 Å². The maximum atomic E-state index is 11.9. The number of aromatic carboxylic acids is 1. The molecule has 2 rings (SSSR count). The zero-order chi connectivity index (χ0) is 13.8. The van der Waals surface area contributed by atoms with Gasteiger partial charge in [0.1, 0.15) is 12.4 Å². The molecule has 0 aliphatic carbocycles. The molecule has 0 aromatic carbocycles. The molecule has 0 aliphatic rings. The van der Waals surface area contributed by atoms with Crippen molar-refractivity contribution in [3.63, 3.8) is 0 Å². The maximum absolute atomic E-state index is 11.9. The maximum Gasteiger partial charge on any atom is 0.337 e. The zero-order valence-corrected chi connectivity index (χ0v) is 9.79. The van der Waals surface area contributed by atoms with E-state index in [-0.39, 0.29) is 18.6 Å². The van der Waals surface area contributed by atoms with Crippen LogP contribution in [0.3, 0.4) is 0 Å². The van der Waals surface area contributed by atoms with Crippen molar-refractivity contribution in [2.75, 3.05) is 13.2 Å². The van der Waals surface area contributed by atoms with Crippen LogP contribution < -0.4 is 0 Å². The highest BCUT2D eigenvalue weighted by molar-refractivity contribution is 5.87. The Kier molecular flexibility index (Phi) is 4.00. The van der Waals surface area contributed by atoms with Gasteiger partial charge in [0.05, 0.1) is 12.2 Å². The van der Waals surface area contributed by atoms with Gasteiger partial charge >= 0.3 is 5.97 Å². The second kappa shape index (κ2) is 5.70. The second-order valence-electron chi connectivity index (χ2n) is 3.78. The van der Waals surface area contributed by atoms with E-state index in [0.717, 1.165) is 0 Å². The Labute approximate surface area is 106 Å². The topological polar surface area (TPSA) is 76.7 Å². The lowest BCUT2D eigenvalue weighted by Gasteiger charge is -2.03. The van der Waals surface area contributed by atoms with E-state index in [2.05, 4.69) is 10.2 Å².